The molecule has 1 amide bonds. The molecule has 1 unspecified atom stereocenters. The highest BCUT2D eigenvalue weighted by Crippen LogP contribution is 2.36. The molecule has 0 spiro atoms. The Labute approximate surface area is 173 Å². The van der Waals surface area contributed by atoms with E-state index in [0.717, 1.165) is 48.2 Å². The maximum absolute atomic E-state index is 13.1. The second kappa shape index (κ2) is 8.33. The first kappa shape index (κ1) is 19.0. The fourth-order valence-corrected chi connectivity index (χ4v) is 4.09. The molecule has 1 fully saturated rings. The quantitative estimate of drug-likeness (QED) is 0.647. The molecule has 3 aromatic rings. The smallest absolute Gasteiger partial charge is 0.227 e. The fraction of sp³-hybridized carbons (Fsp3) is 0.286. The number of amides is 1. The van der Waals surface area contributed by atoms with Gasteiger partial charge in [-0.3, -0.25) is 14.9 Å². The molecule has 1 N–H and O–H groups in total. The number of hydrogen-bond acceptors (Lipinski definition) is 3. The molecule has 0 radical (unpaired) electrons. The number of likely N-dealkylation sites (tertiary alicyclic amines) is 1. The van der Waals surface area contributed by atoms with Crippen LogP contribution in [0.5, 0.6) is 0 Å². The Hall–Kier alpha value is -2.37. The second-order valence-corrected chi connectivity index (χ2v) is 7.77. The zero-order valence-corrected chi connectivity index (χ0v) is 16.7. The van der Waals surface area contributed by atoms with Gasteiger partial charge < -0.3 is 4.90 Å². The number of halogens is 2. The molecule has 1 atom stereocenters. The van der Waals surface area contributed by atoms with Crippen molar-refractivity contribution in [2.45, 2.75) is 31.7 Å². The molecule has 1 aliphatic heterocycles. The zero-order chi connectivity index (χ0) is 19.5. The topological polar surface area (TPSA) is 61.9 Å². The molecule has 0 bridgehead atoms. The van der Waals surface area contributed by atoms with Crippen LogP contribution in [0.2, 0.25) is 10.0 Å². The van der Waals surface area contributed by atoms with Gasteiger partial charge in [-0.1, -0.05) is 29.3 Å². The maximum Gasteiger partial charge on any atom is 0.227 e. The summed E-state index contributed by atoms with van der Waals surface area (Å²) in [5.41, 5.74) is 3.90. The number of hydrogen-bond donors (Lipinski definition) is 1. The number of aromatic amines is 1. The Morgan fingerprint density at radius 1 is 1.14 bits per heavy atom. The Morgan fingerprint density at radius 2 is 1.96 bits per heavy atom. The summed E-state index contributed by atoms with van der Waals surface area (Å²) in [5, 5.41) is 8.36. The van der Waals surface area contributed by atoms with E-state index in [1.54, 1.807) is 24.5 Å². The lowest BCUT2D eigenvalue weighted by Gasteiger charge is -2.36. The van der Waals surface area contributed by atoms with Gasteiger partial charge in [0, 0.05) is 24.5 Å². The molecule has 144 valence electrons. The van der Waals surface area contributed by atoms with E-state index >= 15 is 0 Å². The van der Waals surface area contributed by atoms with Crippen molar-refractivity contribution in [3.05, 3.63) is 70.2 Å². The van der Waals surface area contributed by atoms with E-state index in [-0.39, 0.29) is 11.9 Å². The molecule has 1 aromatic carbocycles. The van der Waals surface area contributed by atoms with Crippen LogP contribution in [0, 0.1) is 0 Å². The van der Waals surface area contributed by atoms with E-state index in [1.807, 2.05) is 29.3 Å². The summed E-state index contributed by atoms with van der Waals surface area (Å²) in [6, 6.07) is 9.24. The van der Waals surface area contributed by atoms with Gasteiger partial charge in [-0.15, -0.1) is 0 Å². The van der Waals surface area contributed by atoms with Crippen LogP contribution in [0.4, 0.5) is 0 Å². The van der Waals surface area contributed by atoms with E-state index in [2.05, 4.69) is 15.2 Å². The van der Waals surface area contributed by atoms with E-state index in [4.69, 9.17) is 23.2 Å². The molecule has 28 heavy (non-hydrogen) atoms. The molecule has 1 aliphatic rings. The third-order valence-electron chi connectivity index (χ3n) is 5.16. The minimum absolute atomic E-state index is 0.0188. The van der Waals surface area contributed by atoms with Gasteiger partial charge in [0.2, 0.25) is 5.91 Å². The molecule has 1 saturated heterocycles. The summed E-state index contributed by atoms with van der Waals surface area (Å²) in [7, 11) is 0. The number of carbonyl (C=O) groups is 1. The lowest BCUT2D eigenvalue weighted by molar-refractivity contribution is -0.134. The van der Waals surface area contributed by atoms with E-state index in [0.29, 0.717) is 16.5 Å². The highest BCUT2D eigenvalue weighted by Gasteiger charge is 2.31. The van der Waals surface area contributed by atoms with Crippen molar-refractivity contribution in [3.8, 4) is 11.1 Å². The SMILES string of the molecule is O=C(Cc1ccc(Cl)c(Cl)c1)N1CCCCC1c1[nH]ncc1-c1ccncc1. The van der Waals surface area contributed by atoms with Crippen LogP contribution in [0.25, 0.3) is 11.1 Å². The number of carbonyl (C=O) groups excluding carboxylic acids is 1. The van der Waals surface area contributed by atoms with E-state index in [9.17, 15) is 4.79 Å². The molecule has 7 heteroatoms. The number of benzene rings is 1. The van der Waals surface area contributed by atoms with Crippen LogP contribution in [0.15, 0.2) is 48.9 Å². The van der Waals surface area contributed by atoms with Crippen LogP contribution in [-0.2, 0) is 11.2 Å². The van der Waals surface area contributed by atoms with Crippen molar-refractivity contribution in [3.63, 3.8) is 0 Å². The summed E-state index contributed by atoms with van der Waals surface area (Å²) >= 11 is 12.1. The Morgan fingerprint density at radius 3 is 2.75 bits per heavy atom. The maximum atomic E-state index is 13.1. The third-order valence-corrected chi connectivity index (χ3v) is 5.89. The van der Waals surface area contributed by atoms with Gasteiger partial charge in [0.1, 0.15) is 0 Å². The summed E-state index contributed by atoms with van der Waals surface area (Å²) in [4.78, 5) is 19.2. The van der Waals surface area contributed by atoms with Crippen LogP contribution in [0.3, 0.4) is 0 Å². The van der Waals surface area contributed by atoms with Crippen molar-refractivity contribution in [2.75, 3.05) is 6.54 Å². The van der Waals surface area contributed by atoms with Crippen LogP contribution in [0.1, 0.15) is 36.6 Å². The summed E-state index contributed by atoms with van der Waals surface area (Å²) < 4.78 is 0. The molecular formula is C21H20Cl2N4O. The number of H-pyrrole nitrogens is 1. The highest BCUT2D eigenvalue weighted by atomic mass is 35.5. The third kappa shape index (κ3) is 3.91. The van der Waals surface area contributed by atoms with Gasteiger partial charge in [0.15, 0.2) is 0 Å². The standard InChI is InChI=1S/C21H20Cl2N4O/c22-17-5-4-14(11-18(17)23)12-20(28)27-10-2-1-3-19(27)21-16(13-25-26-21)15-6-8-24-9-7-15/h4-9,11,13,19H,1-3,10,12H2,(H,25,26). The lowest BCUT2D eigenvalue weighted by atomic mass is 9.94. The largest absolute Gasteiger partial charge is 0.334 e. The van der Waals surface area contributed by atoms with Crippen molar-refractivity contribution in [2.24, 2.45) is 0 Å². The normalized spacial score (nSPS) is 16.9. The number of nitrogens with zero attached hydrogens (tertiary/aromatic N) is 3. The molecule has 0 aliphatic carbocycles. The van der Waals surface area contributed by atoms with E-state index in [1.165, 1.54) is 0 Å². The zero-order valence-electron chi connectivity index (χ0n) is 15.2. The number of aromatic nitrogens is 3. The van der Waals surface area contributed by atoms with Crippen molar-refractivity contribution >= 4 is 29.1 Å². The molecule has 5 nitrogen and oxygen atoms in total. The van der Waals surface area contributed by atoms with Gasteiger partial charge in [-0.2, -0.15) is 5.10 Å². The first-order valence-corrected chi connectivity index (χ1v) is 10.1. The Balaban J connectivity index is 1.59. The highest BCUT2D eigenvalue weighted by molar-refractivity contribution is 6.42. The molecule has 3 heterocycles. The number of nitrogens with one attached hydrogen (secondary N) is 1. The molecule has 4 rings (SSSR count). The average Bonchev–Trinajstić information content (AvgIpc) is 3.21. The average molecular weight is 415 g/mol. The lowest BCUT2D eigenvalue weighted by Crippen LogP contribution is -2.39. The van der Waals surface area contributed by atoms with E-state index < -0.39 is 0 Å². The predicted molar refractivity (Wildman–Crippen MR) is 110 cm³/mol. The number of pyridine rings is 1. The summed E-state index contributed by atoms with van der Waals surface area (Å²) in [6.45, 7) is 0.736. The number of piperidine rings is 1. The van der Waals surface area contributed by atoms with Crippen molar-refractivity contribution in [1.82, 2.24) is 20.1 Å². The van der Waals surface area contributed by atoms with Gasteiger partial charge in [0.05, 0.1) is 34.4 Å². The second-order valence-electron chi connectivity index (χ2n) is 6.96. The van der Waals surface area contributed by atoms with Crippen LogP contribution >= 0.6 is 23.2 Å². The van der Waals surface area contributed by atoms with Gasteiger partial charge in [-0.05, 0) is 54.7 Å². The summed E-state index contributed by atoms with van der Waals surface area (Å²) in [6.07, 6.45) is 8.64. The van der Waals surface area contributed by atoms with Gasteiger partial charge >= 0.3 is 0 Å². The Bertz CT molecular complexity index is 974. The van der Waals surface area contributed by atoms with Crippen LogP contribution < -0.4 is 0 Å². The molecule has 0 saturated carbocycles. The monoisotopic (exact) mass is 414 g/mol. The van der Waals surface area contributed by atoms with Gasteiger partial charge in [0.25, 0.3) is 0 Å². The van der Waals surface area contributed by atoms with Crippen molar-refractivity contribution < 1.29 is 4.79 Å². The predicted octanol–water partition coefficient (Wildman–Crippen LogP) is 5.07. The fourth-order valence-electron chi connectivity index (χ4n) is 3.77. The van der Waals surface area contributed by atoms with Crippen molar-refractivity contribution in [1.29, 1.82) is 0 Å². The first-order valence-electron chi connectivity index (χ1n) is 9.30. The van der Waals surface area contributed by atoms with Crippen LogP contribution in [-0.4, -0.2) is 32.5 Å². The number of rotatable bonds is 4. The first-order chi connectivity index (χ1) is 13.6. The Kier molecular flexibility index (Phi) is 5.64. The minimum atomic E-state index is -0.0188. The summed E-state index contributed by atoms with van der Waals surface area (Å²) in [5.74, 6) is 0.0818. The van der Waals surface area contributed by atoms with Gasteiger partial charge in [-0.25, -0.2) is 0 Å². The minimum Gasteiger partial charge on any atom is -0.334 e. The molecule has 2 aromatic heterocycles. The molecular weight excluding hydrogens is 395 g/mol.